The molecule has 0 spiro atoms. The summed E-state index contributed by atoms with van der Waals surface area (Å²) in [5.74, 6) is -0.267. The van der Waals surface area contributed by atoms with E-state index >= 15 is 0 Å². The van der Waals surface area contributed by atoms with Gasteiger partial charge < -0.3 is 9.84 Å². The molecule has 1 aliphatic rings. The number of hydrogen-bond acceptors (Lipinski definition) is 3. The van der Waals surface area contributed by atoms with Crippen molar-refractivity contribution < 1.29 is 14.6 Å². The SMILES string of the molecule is CC.COC(=O)C1=CC[C@@H](O)CC1. The van der Waals surface area contributed by atoms with Crippen LogP contribution < -0.4 is 0 Å². The van der Waals surface area contributed by atoms with Crippen molar-refractivity contribution >= 4 is 5.97 Å². The number of ether oxygens (including phenoxy) is 1. The van der Waals surface area contributed by atoms with Gasteiger partial charge in [0.15, 0.2) is 0 Å². The Labute approximate surface area is 79.4 Å². The number of hydrogen-bond donors (Lipinski definition) is 1. The summed E-state index contributed by atoms with van der Waals surface area (Å²) in [6.07, 6.45) is 3.35. The highest BCUT2D eigenvalue weighted by Crippen LogP contribution is 2.18. The average molecular weight is 186 g/mol. The monoisotopic (exact) mass is 186 g/mol. The molecule has 0 aliphatic heterocycles. The minimum Gasteiger partial charge on any atom is -0.466 e. The first-order chi connectivity index (χ1) is 6.24. The molecule has 0 saturated heterocycles. The minimum atomic E-state index is -0.275. The molecule has 13 heavy (non-hydrogen) atoms. The normalized spacial score (nSPS) is 20.9. The van der Waals surface area contributed by atoms with Crippen LogP contribution in [-0.2, 0) is 9.53 Å². The summed E-state index contributed by atoms with van der Waals surface area (Å²) in [5.41, 5.74) is 0.692. The Morgan fingerprint density at radius 1 is 1.62 bits per heavy atom. The number of carbonyl (C=O) groups is 1. The third kappa shape index (κ3) is 4.08. The molecule has 0 aromatic carbocycles. The van der Waals surface area contributed by atoms with Crippen LogP contribution in [0.15, 0.2) is 11.6 Å². The molecule has 1 N–H and O–H groups in total. The highest BCUT2D eigenvalue weighted by molar-refractivity contribution is 5.88. The molecule has 0 fully saturated rings. The number of carbonyl (C=O) groups excluding carboxylic acids is 1. The first-order valence-electron chi connectivity index (χ1n) is 4.69. The van der Waals surface area contributed by atoms with Crippen molar-refractivity contribution in [3.63, 3.8) is 0 Å². The molecule has 76 valence electrons. The minimum absolute atomic E-state index is 0.267. The Balaban J connectivity index is 0.000000671. The Morgan fingerprint density at radius 2 is 2.23 bits per heavy atom. The summed E-state index contributed by atoms with van der Waals surface area (Å²) in [4.78, 5) is 10.9. The largest absolute Gasteiger partial charge is 0.466 e. The maximum atomic E-state index is 10.9. The molecule has 1 rings (SSSR count). The molecule has 3 heteroatoms. The summed E-state index contributed by atoms with van der Waals surface area (Å²) < 4.78 is 4.54. The van der Waals surface area contributed by atoms with Crippen LogP contribution in [0.1, 0.15) is 33.1 Å². The van der Waals surface area contributed by atoms with Crippen molar-refractivity contribution in [2.24, 2.45) is 0 Å². The molecule has 1 atom stereocenters. The number of aliphatic hydroxyl groups is 1. The van der Waals surface area contributed by atoms with Crippen LogP contribution in [0, 0.1) is 0 Å². The topological polar surface area (TPSA) is 46.5 Å². The number of aliphatic hydroxyl groups excluding tert-OH is 1. The maximum absolute atomic E-state index is 10.9. The zero-order valence-electron chi connectivity index (χ0n) is 8.54. The lowest BCUT2D eigenvalue weighted by molar-refractivity contribution is -0.136. The molecule has 0 bridgehead atoms. The highest BCUT2D eigenvalue weighted by atomic mass is 16.5. The molecule has 0 aromatic heterocycles. The van der Waals surface area contributed by atoms with Gasteiger partial charge in [-0.05, 0) is 19.3 Å². The quantitative estimate of drug-likeness (QED) is 0.633. The third-order valence-corrected chi connectivity index (χ3v) is 1.83. The first kappa shape index (κ1) is 12.2. The number of rotatable bonds is 1. The molecular formula is C10H18O3. The summed E-state index contributed by atoms with van der Waals surface area (Å²) in [6, 6.07) is 0. The van der Waals surface area contributed by atoms with Gasteiger partial charge in [0.2, 0.25) is 0 Å². The second-order valence-electron chi connectivity index (χ2n) is 2.65. The lowest BCUT2D eigenvalue weighted by Gasteiger charge is -2.15. The zero-order valence-corrected chi connectivity index (χ0v) is 8.54. The van der Waals surface area contributed by atoms with E-state index in [0.29, 0.717) is 24.8 Å². The van der Waals surface area contributed by atoms with E-state index in [0.717, 1.165) is 0 Å². The molecule has 1 aliphatic carbocycles. The summed E-state index contributed by atoms with van der Waals surface area (Å²) in [6.45, 7) is 4.00. The van der Waals surface area contributed by atoms with Crippen molar-refractivity contribution in [2.75, 3.05) is 7.11 Å². The van der Waals surface area contributed by atoms with Crippen molar-refractivity contribution in [1.29, 1.82) is 0 Å². The fourth-order valence-electron chi connectivity index (χ4n) is 1.14. The predicted molar refractivity (Wildman–Crippen MR) is 51.3 cm³/mol. The molecule has 0 saturated carbocycles. The van der Waals surface area contributed by atoms with Crippen LogP contribution in [0.3, 0.4) is 0 Å². The van der Waals surface area contributed by atoms with Gasteiger partial charge in [-0.2, -0.15) is 0 Å². The molecule has 0 amide bonds. The van der Waals surface area contributed by atoms with E-state index in [9.17, 15) is 4.79 Å². The van der Waals surface area contributed by atoms with E-state index in [1.54, 1.807) is 6.08 Å². The Kier molecular flexibility index (Phi) is 6.24. The second kappa shape index (κ2) is 6.66. The van der Waals surface area contributed by atoms with Gasteiger partial charge >= 0.3 is 5.97 Å². The third-order valence-electron chi connectivity index (χ3n) is 1.83. The van der Waals surface area contributed by atoms with Gasteiger partial charge in [-0.1, -0.05) is 19.9 Å². The summed E-state index contributed by atoms with van der Waals surface area (Å²) in [5, 5.41) is 9.08. The molecular weight excluding hydrogens is 168 g/mol. The van der Waals surface area contributed by atoms with Crippen molar-refractivity contribution in [3.8, 4) is 0 Å². The van der Waals surface area contributed by atoms with Crippen molar-refractivity contribution in [3.05, 3.63) is 11.6 Å². The van der Waals surface area contributed by atoms with E-state index in [1.807, 2.05) is 13.8 Å². The molecule has 0 radical (unpaired) electrons. The van der Waals surface area contributed by atoms with Gasteiger partial charge in [0.25, 0.3) is 0 Å². The smallest absolute Gasteiger partial charge is 0.333 e. The van der Waals surface area contributed by atoms with Gasteiger partial charge in [0.1, 0.15) is 0 Å². The van der Waals surface area contributed by atoms with Crippen molar-refractivity contribution in [2.45, 2.75) is 39.2 Å². The van der Waals surface area contributed by atoms with Gasteiger partial charge in [0.05, 0.1) is 13.2 Å². The van der Waals surface area contributed by atoms with Crippen LogP contribution in [-0.4, -0.2) is 24.3 Å². The fourth-order valence-corrected chi connectivity index (χ4v) is 1.14. The molecule has 0 aromatic rings. The highest BCUT2D eigenvalue weighted by Gasteiger charge is 2.16. The lowest BCUT2D eigenvalue weighted by Crippen LogP contribution is -2.15. The Bertz CT molecular complexity index is 185. The zero-order chi connectivity index (χ0) is 10.3. The van der Waals surface area contributed by atoms with E-state index in [4.69, 9.17) is 5.11 Å². The predicted octanol–water partition coefficient (Wildman–Crippen LogP) is 1.66. The molecule has 0 heterocycles. The number of esters is 1. The Hall–Kier alpha value is -0.830. The second-order valence-corrected chi connectivity index (χ2v) is 2.65. The van der Waals surface area contributed by atoms with E-state index in [1.165, 1.54) is 7.11 Å². The van der Waals surface area contributed by atoms with Crippen LogP contribution in [0.4, 0.5) is 0 Å². The van der Waals surface area contributed by atoms with Crippen LogP contribution in [0.2, 0.25) is 0 Å². The fraction of sp³-hybridized carbons (Fsp3) is 0.700. The van der Waals surface area contributed by atoms with Crippen LogP contribution in [0.25, 0.3) is 0 Å². The van der Waals surface area contributed by atoms with E-state index < -0.39 is 0 Å². The van der Waals surface area contributed by atoms with Crippen LogP contribution in [0.5, 0.6) is 0 Å². The summed E-state index contributed by atoms with van der Waals surface area (Å²) in [7, 11) is 1.37. The van der Waals surface area contributed by atoms with Gasteiger partial charge in [-0.3, -0.25) is 0 Å². The van der Waals surface area contributed by atoms with E-state index in [-0.39, 0.29) is 12.1 Å². The lowest BCUT2D eigenvalue weighted by atomic mass is 9.97. The summed E-state index contributed by atoms with van der Waals surface area (Å²) >= 11 is 0. The van der Waals surface area contributed by atoms with E-state index in [2.05, 4.69) is 4.74 Å². The van der Waals surface area contributed by atoms with Crippen LogP contribution >= 0.6 is 0 Å². The standard InChI is InChI=1S/C8H12O3.C2H6/c1-11-8(10)6-2-4-7(9)5-3-6;1-2/h2,7,9H,3-5H2,1H3;1-2H3/t7-;/m1./s1. The molecule has 3 nitrogen and oxygen atoms in total. The Morgan fingerprint density at radius 3 is 2.62 bits per heavy atom. The number of methoxy groups -OCH3 is 1. The first-order valence-corrected chi connectivity index (χ1v) is 4.69. The van der Waals surface area contributed by atoms with Gasteiger partial charge in [-0.25, -0.2) is 4.79 Å². The average Bonchev–Trinajstić information content (AvgIpc) is 2.21. The van der Waals surface area contributed by atoms with Gasteiger partial charge in [0, 0.05) is 5.57 Å². The maximum Gasteiger partial charge on any atom is 0.333 e. The molecule has 0 unspecified atom stereocenters. The van der Waals surface area contributed by atoms with Gasteiger partial charge in [-0.15, -0.1) is 0 Å². The van der Waals surface area contributed by atoms with Crippen molar-refractivity contribution in [1.82, 2.24) is 0 Å².